The van der Waals surface area contributed by atoms with Gasteiger partial charge in [-0.3, -0.25) is 0 Å². The Hall–Kier alpha value is -2.29. The van der Waals surface area contributed by atoms with E-state index in [-0.39, 0.29) is 0 Å². The molecule has 0 aliphatic carbocycles. The van der Waals surface area contributed by atoms with Crippen molar-refractivity contribution in [3.63, 3.8) is 0 Å². The molecule has 3 heteroatoms. The van der Waals surface area contributed by atoms with Gasteiger partial charge in [0.15, 0.2) is 0 Å². The molecule has 0 bridgehead atoms. The van der Waals surface area contributed by atoms with Crippen molar-refractivity contribution >= 4 is 16.7 Å². The van der Waals surface area contributed by atoms with Crippen LogP contribution < -0.4 is 4.74 Å². The number of hydrogen-bond donors (Lipinski definition) is 0. The molecule has 1 unspecified atom stereocenters. The summed E-state index contributed by atoms with van der Waals surface area (Å²) in [5, 5.41) is 2.10. The van der Waals surface area contributed by atoms with Crippen LogP contribution in [0.2, 0.25) is 0 Å². The second-order valence-electron chi connectivity index (χ2n) is 4.45. The maximum Gasteiger partial charge on any atom is 0.333 e. The number of ether oxygens (including phenoxy) is 2. The van der Waals surface area contributed by atoms with E-state index < -0.39 is 12.3 Å². The fraction of sp³-hybridized carbons (Fsp3) is 0.235. The minimum absolute atomic E-state index is 0.469. The molecule has 0 N–H and O–H groups in total. The molecule has 0 aromatic heterocycles. The second-order valence-corrected chi connectivity index (χ2v) is 4.45. The fourth-order valence-corrected chi connectivity index (χ4v) is 2.00. The summed E-state index contributed by atoms with van der Waals surface area (Å²) in [5.74, 6) is 0.252. The summed E-state index contributed by atoms with van der Waals surface area (Å²) in [6.45, 7) is 5.42. The van der Waals surface area contributed by atoms with Crippen LogP contribution in [0, 0.1) is 0 Å². The van der Waals surface area contributed by atoms with Crippen LogP contribution in [0.1, 0.15) is 19.8 Å². The first kappa shape index (κ1) is 14.1. The van der Waals surface area contributed by atoms with Crippen LogP contribution in [-0.4, -0.2) is 12.3 Å². The van der Waals surface area contributed by atoms with E-state index in [1.807, 2.05) is 49.4 Å². The van der Waals surface area contributed by atoms with Gasteiger partial charge in [-0.2, -0.15) is 0 Å². The molecular formula is C17H18O3. The third-order valence-corrected chi connectivity index (χ3v) is 2.95. The Labute approximate surface area is 118 Å². The summed E-state index contributed by atoms with van der Waals surface area (Å²) in [7, 11) is 0. The zero-order chi connectivity index (χ0) is 14.4. The van der Waals surface area contributed by atoms with Crippen molar-refractivity contribution in [2.75, 3.05) is 0 Å². The maximum absolute atomic E-state index is 11.3. The highest BCUT2D eigenvalue weighted by Crippen LogP contribution is 2.26. The third-order valence-electron chi connectivity index (χ3n) is 2.95. The molecule has 2 aromatic rings. The Kier molecular flexibility index (Phi) is 4.77. The second kappa shape index (κ2) is 6.75. The lowest BCUT2D eigenvalue weighted by molar-refractivity contribution is -0.158. The Bertz CT molecular complexity index is 599. The molecule has 0 aliphatic heterocycles. The van der Waals surface area contributed by atoms with Crippen LogP contribution >= 0.6 is 0 Å². The van der Waals surface area contributed by atoms with Gasteiger partial charge in [-0.25, -0.2) is 4.79 Å². The zero-order valence-corrected chi connectivity index (χ0v) is 11.5. The van der Waals surface area contributed by atoms with Gasteiger partial charge in [-0.05, 0) is 17.9 Å². The first-order valence-electron chi connectivity index (χ1n) is 6.72. The average Bonchev–Trinajstić information content (AvgIpc) is 2.47. The number of carbonyl (C=O) groups excluding carboxylic acids is 1. The van der Waals surface area contributed by atoms with E-state index >= 15 is 0 Å². The molecule has 0 fully saturated rings. The molecule has 0 radical (unpaired) electrons. The predicted molar refractivity (Wildman–Crippen MR) is 79.6 cm³/mol. The van der Waals surface area contributed by atoms with E-state index in [0.29, 0.717) is 6.42 Å². The Morgan fingerprint density at radius 2 is 2.00 bits per heavy atom. The molecular weight excluding hydrogens is 252 g/mol. The van der Waals surface area contributed by atoms with E-state index in [0.717, 1.165) is 29.0 Å². The minimum atomic E-state index is -0.587. The third kappa shape index (κ3) is 3.38. The van der Waals surface area contributed by atoms with Gasteiger partial charge in [-0.15, -0.1) is 0 Å². The van der Waals surface area contributed by atoms with Crippen molar-refractivity contribution in [1.82, 2.24) is 0 Å². The van der Waals surface area contributed by atoms with Crippen LogP contribution in [0.3, 0.4) is 0 Å². The highest BCUT2D eigenvalue weighted by Gasteiger charge is 2.14. The predicted octanol–water partition coefficient (Wildman–Crippen LogP) is 4.07. The normalized spacial score (nSPS) is 11.8. The number of rotatable bonds is 6. The molecule has 0 saturated heterocycles. The van der Waals surface area contributed by atoms with E-state index in [4.69, 9.17) is 9.47 Å². The number of hydrogen-bond acceptors (Lipinski definition) is 3. The Balaban J connectivity index is 2.23. The van der Waals surface area contributed by atoms with E-state index in [1.165, 1.54) is 0 Å². The summed E-state index contributed by atoms with van der Waals surface area (Å²) >= 11 is 0. The van der Waals surface area contributed by atoms with Crippen molar-refractivity contribution in [2.24, 2.45) is 0 Å². The van der Waals surface area contributed by atoms with Gasteiger partial charge in [0.1, 0.15) is 5.75 Å². The van der Waals surface area contributed by atoms with Crippen molar-refractivity contribution in [3.8, 4) is 5.75 Å². The molecule has 20 heavy (non-hydrogen) atoms. The van der Waals surface area contributed by atoms with Crippen molar-refractivity contribution in [1.29, 1.82) is 0 Å². The smallest absolute Gasteiger partial charge is 0.333 e. The van der Waals surface area contributed by atoms with Gasteiger partial charge in [-0.1, -0.05) is 49.9 Å². The van der Waals surface area contributed by atoms with E-state index in [9.17, 15) is 4.79 Å². The number of benzene rings is 2. The lowest BCUT2D eigenvalue weighted by Crippen LogP contribution is -2.23. The standard InChI is InChI=1S/C17H18O3/c1-3-8-17(20-16(18)4-2)19-15-12-7-10-13-9-5-6-11-14(13)15/h4-7,9-12,17H,2-3,8H2,1H3. The number of esters is 1. The zero-order valence-electron chi connectivity index (χ0n) is 11.5. The molecule has 0 aliphatic rings. The average molecular weight is 270 g/mol. The van der Waals surface area contributed by atoms with Crippen LogP contribution in [-0.2, 0) is 9.53 Å². The van der Waals surface area contributed by atoms with Gasteiger partial charge in [0.25, 0.3) is 0 Å². The van der Waals surface area contributed by atoms with E-state index in [1.54, 1.807) is 0 Å². The summed E-state index contributed by atoms with van der Waals surface area (Å²) in [6, 6.07) is 13.8. The number of fused-ring (bicyclic) bond motifs is 1. The quantitative estimate of drug-likeness (QED) is 0.451. The molecule has 2 aromatic carbocycles. The molecule has 0 saturated carbocycles. The Morgan fingerprint density at radius 3 is 2.75 bits per heavy atom. The van der Waals surface area contributed by atoms with Crippen LogP contribution in [0.15, 0.2) is 55.1 Å². The molecule has 2 rings (SSSR count). The highest BCUT2D eigenvalue weighted by atomic mass is 16.7. The van der Waals surface area contributed by atoms with Crippen molar-refractivity contribution in [3.05, 3.63) is 55.1 Å². The van der Waals surface area contributed by atoms with Gasteiger partial charge in [0.2, 0.25) is 6.29 Å². The minimum Gasteiger partial charge on any atom is -0.454 e. The molecule has 0 heterocycles. The lowest BCUT2D eigenvalue weighted by atomic mass is 10.1. The molecule has 3 nitrogen and oxygen atoms in total. The lowest BCUT2D eigenvalue weighted by Gasteiger charge is -2.19. The van der Waals surface area contributed by atoms with Gasteiger partial charge >= 0.3 is 5.97 Å². The van der Waals surface area contributed by atoms with Crippen molar-refractivity contribution in [2.45, 2.75) is 26.1 Å². The van der Waals surface area contributed by atoms with Gasteiger partial charge in [0.05, 0.1) is 0 Å². The monoisotopic (exact) mass is 270 g/mol. The number of carbonyl (C=O) groups is 1. The highest BCUT2D eigenvalue weighted by molar-refractivity contribution is 5.88. The van der Waals surface area contributed by atoms with Gasteiger partial charge in [0, 0.05) is 17.9 Å². The van der Waals surface area contributed by atoms with Crippen LogP contribution in [0.4, 0.5) is 0 Å². The Morgan fingerprint density at radius 1 is 1.25 bits per heavy atom. The molecule has 0 spiro atoms. The fourth-order valence-electron chi connectivity index (χ4n) is 2.00. The maximum atomic E-state index is 11.3. The topological polar surface area (TPSA) is 35.5 Å². The molecule has 0 amide bonds. The first-order chi connectivity index (χ1) is 9.74. The SMILES string of the molecule is C=CC(=O)OC(CCC)Oc1cccc2ccccc12. The van der Waals surface area contributed by atoms with Crippen molar-refractivity contribution < 1.29 is 14.3 Å². The molecule has 104 valence electrons. The largest absolute Gasteiger partial charge is 0.454 e. The summed E-state index contributed by atoms with van der Waals surface area (Å²) in [5.41, 5.74) is 0. The summed E-state index contributed by atoms with van der Waals surface area (Å²) in [4.78, 5) is 11.3. The summed E-state index contributed by atoms with van der Waals surface area (Å²) < 4.78 is 11.1. The first-order valence-corrected chi connectivity index (χ1v) is 6.72. The molecule has 1 atom stereocenters. The van der Waals surface area contributed by atoms with Gasteiger partial charge < -0.3 is 9.47 Å². The van der Waals surface area contributed by atoms with Crippen LogP contribution in [0.5, 0.6) is 5.75 Å². The summed E-state index contributed by atoms with van der Waals surface area (Å²) in [6.07, 6.45) is 2.06. The van der Waals surface area contributed by atoms with E-state index in [2.05, 4.69) is 6.58 Å². The van der Waals surface area contributed by atoms with Crippen LogP contribution in [0.25, 0.3) is 10.8 Å².